The number of rotatable bonds is 6. The molecule has 0 fully saturated rings. The van der Waals surface area contributed by atoms with E-state index in [-0.39, 0.29) is 11.8 Å². The van der Waals surface area contributed by atoms with Gasteiger partial charge in [0.1, 0.15) is 5.75 Å². The highest BCUT2D eigenvalue weighted by atomic mass is 35.5. The number of anilines is 2. The number of ether oxygens (including phenoxy) is 2. The number of pyridine rings is 1. The normalized spacial score (nSPS) is 10.7. The second-order valence-electron chi connectivity index (χ2n) is 7.21. The first kappa shape index (κ1) is 22.4. The maximum Gasteiger partial charge on any atom is 0.323 e. The molecule has 1 heterocycles. The average Bonchev–Trinajstić information content (AvgIpc) is 2.81. The zero-order valence-corrected chi connectivity index (χ0v) is 18.7. The van der Waals surface area contributed by atoms with E-state index in [2.05, 4.69) is 15.6 Å². The van der Waals surface area contributed by atoms with Crippen molar-refractivity contribution in [3.05, 3.63) is 83.4 Å². The van der Waals surface area contributed by atoms with Crippen molar-refractivity contribution in [1.82, 2.24) is 4.98 Å². The summed E-state index contributed by atoms with van der Waals surface area (Å²) in [7, 11) is 1.41. The Morgan fingerprint density at radius 2 is 1.73 bits per heavy atom. The van der Waals surface area contributed by atoms with E-state index >= 15 is 0 Å². The maximum absolute atomic E-state index is 14.0. The van der Waals surface area contributed by atoms with Gasteiger partial charge in [0.15, 0.2) is 17.3 Å². The SMILES string of the molecule is CCc1cc(NC(=O)Nc2ccc(Oc3cncc4cc(F)c(OC)cc34)cc2)ccc1Cl. The number of nitrogens with zero attached hydrogens (tertiary/aromatic N) is 1. The molecule has 0 spiro atoms. The average molecular weight is 466 g/mol. The van der Waals surface area contributed by atoms with Gasteiger partial charge in [-0.3, -0.25) is 4.98 Å². The van der Waals surface area contributed by atoms with Crippen LogP contribution in [-0.2, 0) is 6.42 Å². The van der Waals surface area contributed by atoms with Crippen molar-refractivity contribution in [3.63, 3.8) is 0 Å². The minimum atomic E-state index is -0.470. The van der Waals surface area contributed by atoms with Gasteiger partial charge in [-0.05, 0) is 66.6 Å². The summed E-state index contributed by atoms with van der Waals surface area (Å²) in [6.45, 7) is 2.00. The van der Waals surface area contributed by atoms with Crippen LogP contribution in [0.3, 0.4) is 0 Å². The number of aromatic nitrogens is 1. The molecular formula is C25H21ClFN3O3. The molecule has 4 rings (SSSR count). The van der Waals surface area contributed by atoms with Gasteiger partial charge in [-0.25, -0.2) is 9.18 Å². The van der Waals surface area contributed by atoms with E-state index < -0.39 is 5.82 Å². The number of hydrogen-bond donors (Lipinski definition) is 2. The number of methoxy groups -OCH3 is 1. The van der Waals surface area contributed by atoms with Crippen LogP contribution in [0.4, 0.5) is 20.6 Å². The number of aryl methyl sites for hydroxylation is 1. The highest BCUT2D eigenvalue weighted by molar-refractivity contribution is 6.31. The quantitative estimate of drug-likeness (QED) is 0.320. The van der Waals surface area contributed by atoms with Crippen molar-refractivity contribution in [2.75, 3.05) is 17.7 Å². The van der Waals surface area contributed by atoms with E-state index in [0.717, 1.165) is 12.0 Å². The lowest BCUT2D eigenvalue weighted by Gasteiger charge is -2.12. The number of carbonyl (C=O) groups excluding carboxylic acids is 1. The Morgan fingerprint density at radius 3 is 2.45 bits per heavy atom. The van der Waals surface area contributed by atoms with Crippen molar-refractivity contribution in [2.45, 2.75) is 13.3 Å². The Hall–Kier alpha value is -3.84. The van der Waals surface area contributed by atoms with E-state index in [1.165, 1.54) is 13.2 Å². The third-order valence-corrected chi connectivity index (χ3v) is 5.39. The topological polar surface area (TPSA) is 72.5 Å². The van der Waals surface area contributed by atoms with Crippen molar-refractivity contribution in [2.24, 2.45) is 0 Å². The van der Waals surface area contributed by atoms with Crippen LogP contribution in [0, 0.1) is 5.82 Å². The maximum atomic E-state index is 14.0. The Kier molecular flexibility index (Phi) is 6.60. The van der Waals surface area contributed by atoms with Gasteiger partial charge in [0, 0.05) is 33.4 Å². The number of hydrogen-bond acceptors (Lipinski definition) is 4. The predicted molar refractivity (Wildman–Crippen MR) is 128 cm³/mol. The van der Waals surface area contributed by atoms with E-state index in [1.54, 1.807) is 54.9 Å². The fourth-order valence-electron chi connectivity index (χ4n) is 3.33. The molecule has 0 aliphatic carbocycles. The summed E-state index contributed by atoms with van der Waals surface area (Å²) >= 11 is 6.12. The zero-order valence-electron chi connectivity index (χ0n) is 18.0. The van der Waals surface area contributed by atoms with Gasteiger partial charge in [0.2, 0.25) is 0 Å². The molecule has 8 heteroatoms. The van der Waals surface area contributed by atoms with Gasteiger partial charge in [-0.15, -0.1) is 0 Å². The molecule has 6 nitrogen and oxygen atoms in total. The molecule has 0 aliphatic rings. The first-order valence-corrected chi connectivity index (χ1v) is 10.6. The largest absolute Gasteiger partial charge is 0.494 e. The standard InChI is InChI=1S/C25H21ClFN3O3/c1-3-15-10-18(6-9-21(15)26)30-25(31)29-17-4-7-19(8-5-17)33-24-14-28-13-16-11-22(27)23(32-2)12-20(16)24/h4-14H,3H2,1-2H3,(H2,29,30,31). The molecule has 0 bridgehead atoms. The fourth-order valence-corrected chi connectivity index (χ4v) is 3.58. The molecule has 0 atom stereocenters. The molecule has 0 unspecified atom stereocenters. The van der Waals surface area contributed by atoms with Gasteiger partial charge in [0.25, 0.3) is 0 Å². The van der Waals surface area contributed by atoms with Crippen molar-refractivity contribution >= 4 is 39.8 Å². The van der Waals surface area contributed by atoms with E-state index in [0.29, 0.717) is 38.7 Å². The minimum absolute atomic E-state index is 0.121. The summed E-state index contributed by atoms with van der Waals surface area (Å²) in [5, 5.41) is 7.50. The Balaban J connectivity index is 1.45. The Labute approximate surface area is 195 Å². The van der Waals surface area contributed by atoms with Gasteiger partial charge in [-0.2, -0.15) is 0 Å². The summed E-state index contributed by atoms with van der Waals surface area (Å²) in [6.07, 6.45) is 3.88. The first-order valence-electron chi connectivity index (χ1n) is 10.2. The number of urea groups is 1. The van der Waals surface area contributed by atoms with Crippen LogP contribution in [0.15, 0.2) is 67.0 Å². The van der Waals surface area contributed by atoms with Crippen molar-refractivity contribution in [3.8, 4) is 17.2 Å². The van der Waals surface area contributed by atoms with E-state index in [4.69, 9.17) is 21.1 Å². The van der Waals surface area contributed by atoms with Crippen LogP contribution >= 0.6 is 11.6 Å². The monoisotopic (exact) mass is 465 g/mol. The van der Waals surface area contributed by atoms with Crippen molar-refractivity contribution in [1.29, 1.82) is 0 Å². The highest BCUT2D eigenvalue weighted by Gasteiger charge is 2.11. The van der Waals surface area contributed by atoms with Crippen LogP contribution in [-0.4, -0.2) is 18.1 Å². The summed E-state index contributed by atoms with van der Waals surface area (Å²) in [4.78, 5) is 16.5. The third kappa shape index (κ3) is 5.15. The molecule has 168 valence electrons. The van der Waals surface area contributed by atoms with Crippen LogP contribution in [0.25, 0.3) is 10.8 Å². The van der Waals surface area contributed by atoms with Gasteiger partial charge < -0.3 is 20.1 Å². The third-order valence-electron chi connectivity index (χ3n) is 5.02. The summed E-state index contributed by atoms with van der Waals surface area (Å²) in [5.41, 5.74) is 2.20. The molecule has 0 saturated heterocycles. The lowest BCUT2D eigenvalue weighted by atomic mass is 10.1. The number of fused-ring (bicyclic) bond motifs is 1. The van der Waals surface area contributed by atoms with Crippen LogP contribution < -0.4 is 20.1 Å². The second-order valence-corrected chi connectivity index (χ2v) is 7.62. The molecule has 0 saturated carbocycles. The van der Waals surface area contributed by atoms with Crippen molar-refractivity contribution < 1.29 is 18.7 Å². The second kappa shape index (κ2) is 9.75. The minimum Gasteiger partial charge on any atom is -0.494 e. The van der Waals surface area contributed by atoms with Gasteiger partial charge in [0.05, 0.1) is 13.3 Å². The lowest BCUT2D eigenvalue weighted by molar-refractivity contribution is 0.262. The summed E-state index contributed by atoms with van der Waals surface area (Å²) in [6, 6.07) is 14.8. The van der Waals surface area contributed by atoms with E-state index in [9.17, 15) is 9.18 Å². The van der Waals surface area contributed by atoms with Crippen LogP contribution in [0.2, 0.25) is 5.02 Å². The lowest BCUT2D eigenvalue weighted by Crippen LogP contribution is -2.19. The number of nitrogens with one attached hydrogen (secondary N) is 2. The number of carbonyl (C=O) groups is 1. The Bertz CT molecular complexity index is 1310. The molecule has 33 heavy (non-hydrogen) atoms. The molecule has 4 aromatic rings. The molecule has 0 aliphatic heterocycles. The van der Waals surface area contributed by atoms with Crippen LogP contribution in [0.5, 0.6) is 17.2 Å². The Morgan fingerprint density at radius 1 is 1.00 bits per heavy atom. The molecular weight excluding hydrogens is 445 g/mol. The van der Waals surface area contributed by atoms with Gasteiger partial charge >= 0.3 is 6.03 Å². The zero-order chi connectivity index (χ0) is 23.4. The summed E-state index contributed by atoms with van der Waals surface area (Å²) in [5.74, 6) is 0.639. The number of benzene rings is 3. The van der Waals surface area contributed by atoms with Crippen LogP contribution in [0.1, 0.15) is 12.5 Å². The molecule has 2 amide bonds. The molecule has 0 radical (unpaired) electrons. The smallest absolute Gasteiger partial charge is 0.323 e. The molecule has 1 aromatic heterocycles. The number of halogens is 2. The van der Waals surface area contributed by atoms with Gasteiger partial charge in [-0.1, -0.05) is 18.5 Å². The highest BCUT2D eigenvalue weighted by Crippen LogP contribution is 2.33. The molecule has 3 aromatic carbocycles. The number of amides is 2. The fraction of sp³-hybridized carbons (Fsp3) is 0.120. The first-order chi connectivity index (χ1) is 16.0. The van der Waals surface area contributed by atoms with E-state index in [1.807, 2.05) is 13.0 Å². The summed E-state index contributed by atoms with van der Waals surface area (Å²) < 4.78 is 25.0. The molecule has 2 N–H and O–H groups in total. The predicted octanol–water partition coefficient (Wildman–Crippen LogP) is 7.03.